The van der Waals surface area contributed by atoms with Gasteiger partial charge < -0.3 is 19.6 Å². The molecule has 2 aliphatic rings. The predicted molar refractivity (Wildman–Crippen MR) is 129 cm³/mol. The lowest BCUT2D eigenvalue weighted by Crippen LogP contribution is -2.49. The van der Waals surface area contributed by atoms with Crippen LogP contribution in [0.25, 0.3) is 0 Å². The Hall–Kier alpha value is -4.18. The van der Waals surface area contributed by atoms with Gasteiger partial charge >= 0.3 is 0 Å². The van der Waals surface area contributed by atoms with E-state index in [0.717, 1.165) is 11.6 Å². The smallest absolute Gasteiger partial charge is 0.222 e. The Morgan fingerprint density at radius 2 is 1.09 bits per heavy atom. The van der Waals surface area contributed by atoms with Crippen molar-refractivity contribution >= 4 is 23.5 Å². The van der Waals surface area contributed by atoms with E-state index >= 15 is 0 Å². The number of pyridine rings is 2. The summed E-state index contributed by atoms with van der Waals surface area (Å²) in [6.45, 7) is 5.28. The summed E-state index contributed by atoms with van der Waals surface area (Å²) in [4.78, 5) is 41.8. The molecule has 0 N–H and O–H groups in total. The predicted octanol–water partition coefficient (Wildman–Crippen LogP) is 1.39. The number of hydrogen-bond acceptors (Lipinski definition) is 8. The van der Waals surface area contributed by atoms with Gasteiger partial charge in [0.1, 0.15) is 23.8 Å². The molecule has 0 aromatic carbocycles. The van der Waals surface area contributed by atoms with Crippen molar-refractivity contribution in [3.05, 3.63) is 47.8 Å². The molecule has 0 atom stereocenters. The number of carbonyl (C=O) groups excluding carboxylic acids is 2. The number of carbonyl (C=O) groups is 2. The molecule has 2 saturated heterocycles. The van der Waals surface area contributed by atoms with Crippen molar-refractivity contribution in [2.24, 2.45) is 0 Å². The van der Waals surface area contributed by atoms with Crippen LogP contribution in [0.1, 0.15) is 30.4 Å². The van der Waals surface area contributed by atoms with Crippen LogP contribution in [0, 0.1) is 22.7 Å². The molecule has 0 spiro atoms. The average molecular weight is 473 g/mol. The van der Waals surface area contributed by atoms with Gasteiger partial charge in [-0.05, 0) is 30.7 Å². The van der Waals surface area contributed by atoms with Crippen LogP contribution in [-0.2, 0) is 9.59 Å². The molecule has 10 heteroatoms. The molecule has 10 nitrogen and oxygen atoms in total. The maximum Gasteiger partial charge on any atom is 0.222 e. The van der Waals surface area contributed by atoms with E-state index in [0.29, 0.717) is 82.7 Å². The molecule has 2 fully saturated rings. The van der Waals surface area contributed by atoms with Gasteiger partial charge in [0, 0.05) is 77.6 Å². The van der Waals surface area contributed by atoms with E-state index in [1.165, 1.54) is 0 Å². The number of nitriles is 2. The number of anilines is 2. The van der Waals surface area contributed by atoms with Crippen LogP contribution in [0.15, 0.2) is 36.7 Å². The van der Waals surface area contributed by atoms with Gasteiger partial charge in [-0.2, -0.15) is 10.5 Å². The van der Waals surface area contributed by atoms with E-state index in [9.17, 15) is 9.59 Å². The minimum Gasteiger partial charge on any atom is -0.353 e. The van der Waals surface area contributed by atoms with Crippen LogP contribution in [0.4, 0.5) is 11.6 Å². The summed E-state index contributed by atoms with van der Waals surface area (Å²) in [5.41, 5.74) is 1.06. The molecule has 180 valence electrons. The molecule has 2 aliphatic heterocycles. The number of aromatic nitrogens is 2. The first-order valence-corrected chi connectivity index (χ1v) is 11.8. The second-order valence-electron chi connectivity index (χ2n) is 8.62. The zero-order valence-corrected chi connectivity index (χ0v) is 19.6. The lowest BCUT2D eigenvalue weighted by Gasteiger charge is -2.36. The first-order chi connectivity index (χ1) is 17.1. The minimum absolute atomic E-state index is 0.0851. The molecule has 4 heterocycles. The highest BCUT2D eigenvalue weighted by atomic mass is 16.2. The third kappa shape index (κ3) is 6.04. The summed E-state index contributed by atoms with van der Waals surface area (Å²) in [7, 11) is 0. The van der Waals surface area contributed by atoms with Crippen LogP contribution in [0.3, 0.4) is 0 Å². The highest BCUT2D eigenvalue weighted by Crippen LogP contribution is 2.17. The second kappa shape index (κ2) is 11.3. The van der Waals surface area contributed by atoms with E-state index in [1.807, 2.05) is 21.9 Å². The van der Waals surface area contributed by atoms with Crippen LogP contribution >= 0.6 is 0 Å². The van der Waals surface area contributed by atoms with Gasteiger partial charge in [0.25, 0.3) is 0 Å². The van der Waals surface area contributed by atoms with Gasteiger partial charge in [-0.25, -0.2) is 9.97 Å². The second-order valence-corrected chi connectivity index (χ2v) is 8.62. The van der Waals surface area contributed by atoms with Gasteiger partial charge in [0.2, 0.25) is 11.8 Å². The number of amides is 2. The molecule has 2 aromatic heterocycles. The first-order valence-electron chi connectivity index (χ1n) is 11.8. The molecule has 2 aromatic rings. The van der Waals surface area contributed by atoms with Crippen molar-refractivity contribution < 1.29 is 9.59 Å². The number of nitrogens with zero attached hydrogens (tertiary/aromatic N) is 8. The molecular weight excluding hydrogens is 444 g/mol. The normalized spacial score (nSPS) is 15.9. The summed E-state index contributed by atoms with van der Waals surface area (Å²) in [5.74, 6) is 1.80. The van der Waals surface area contributed by atoms with Crippen LogP contribution in [0.2, 0.25) is 0 Å². The zero-order valence-electron chi connectivity index (χ0n) is 19.6. The molecular formula is C25H28N8O2. The van der Waals surface area contributed by atoms with Crippen molar-refractivity contribution in [2.45, 2.75) is 19.3 Å². The lowest BCUT2D eigenvalue weighted by atomic mass is 10.1. The molecule has 0 aliphatic carbocycles. The molecule has 0 unspecified atom stereocenters. The Morgan fingerprint density at radius 1 is 0.686 bits per heavy atom. The van der Waals surface area contributed by atoms with Crippen LogP contribution in [0.5, 0.6) is 0 Å². The minimum atomic E-state index is 0.0851. The fourth-order valence-electron chi connectivity index (χ4n) is 4.36. The van der Waals surface area contributed by atoms with Crippen molar-refractivity contribution in [3.8, 4) is 12.1 Å². The Labute approximate surface area is 205 Å². The Balaban J connectivity index is 1.14. The van der Waals surface area contributed by atoms with Crippen molar-refractivity contribution in [1.82, 2.24) is 19.8 Å². The maximum absolute atomic E-state index is 12.6. The Morgan fingerprint density at radius 3 is 1.40 bits per heavy atom. The summed E-state index contributed by atoms with van der Waals surface area (Å²) < 4.78 is 0. The summed E-state index contributed by atoms with van der Waals surface area (Å²) in [6, 6.07) is 11.3. The van der Waals surface area contributed by atoms with Gasteiger partial charge in [-0.3, -0.25) is 9.59 Å². The van der Waals surface area contributed by atoms with Crippen molar-refractivity contribution in [2.75, 3.05) is 62.2 Å². The Kier molecular flexibility index (Phi) is 7.74. The van der Waals surface area contributed by atoms with Crippen molar-refractivity contribution in [1.29, 1.82) is 10.5 Å². The third-order valence-corrected chi connectivity index (χ3v) is 6.45. The SMILES string of the molecule is N#Cc1ccc(N2CCN(C(=O)CCCC(=O)N3CCN(c4ccc(C#N)cn4)CC3)CC2)nc1. The highest BCUT2D eigenvalue weighted by molar-refractivity contribution is 5.79. The van der Waals surface area contributed by atoms with Gasteiger partial charge in [-0.1, -0.05) is 0 Å². The van der Waals surface area contributed by atoms with Gasteiger partial charge in [0.15, 0.2) is 0 Å². The van der Waals surface area contributed by atoms with Crippen molar-refractivity contribution in [3.63, 3.8) is 0 Å². The van der Waals surface area contributed by atoms with E-state index < -0.39 is 0 Å². The van der Waals surface area contributed by atoms with E-state index in [4.69, 9.17) is 10.5 Å². The Bertz CT molecular complexity index is 1010. The van der Waals surface area contributed by atoms with E-state index in [1.54, 1.807) is 24.5 Å². The molecule has 2 amide bonds. The quantitative estimate of drug-likeness (QED) is 0.618. The largest absolute Gasteiger partial charge is 0.353 e. The van der Waals surface area contributed by atoms with Crippen LogP contribution in [-0.4, -0.2) is 83.9 Å². The summed E-state index contributed by atoms with van der Waals surface area (Å²) in [5, 5.41) is 17.8. The average Bonchev–Trinajstić information content (AvgIpc) is 2.93. The third-order valence-electron chi connectivity index (χ3n) is 6.45. The summed E-state index contributed by atoms with van der Waals surface area (Å²) >= 11 is 0. The van der Waals surface area contributed by atoms with Crippen LogP contribution < -0.4 is 9.80 Å². The zero-order chi connectivity index (χ0) is 24.6. The monoisotopic (exact) mass is 472 g/mol. The fourth-order valence-corrected chi connectivity index (χ4v) is 4.36. The lowest BCUT2D eigenvalue weighted by molar-refractivity contribution is -0.133. The molecule has 0 saturated carbocycles. The molecule has 0 radical (unpaired) electrons. The number of piperazine rings is 2. The fraction of sp³-hybridized carbons (Fsp3) is 0.440. The molecule has 4 rings (SSSR count). The number of rotatable bonds is 6. The van der Waals surface area contributed by atoms with E-state index in [2.05, 4.69) is 31.9 Å². The summed E-state index contributed by atoms with van der Waals surface area (Å²) in [6.07, 6.45) is 4.42. The maximum atomic E-state index is 12.6. The van der Waals surface area contributed by atoms with Gasteiger partial charge in [-0.15, -0.1) is 0 Å². The standard InChI is InChI=1S/C25H28N8O2/c26-16-20-4-6-22(28-18-20)30-8-12-32(13-9-30)24(34)2-1-3-25(35)33-14-10-31(11-15-33)23-7-5-21(17-27)19-29-23/h4-7,18-19H,1-3,8-15H2. The molecule has 35 heavy (non-hydrogen) atoms. The number of hydrogen-bond donors (Lipinski definition) is 0. The van der Waals surface area contributed by atoms with E-state index in [-0.39, 0.29) is 11.8 Å². The first kappa shape index (κ1) is 24.0. The highest BCUT2D eigenvalue weighted by Gasteiger charge is 2.24. The topological polar surface area (TPSA) is 120 Å². The van der Waals surface area contributed by atoms with Gasteiger partial charge in [0.05, 0.1) is 11.1 Å². The molecule has 0 bridgehead atoms.